The summed E-state index contributed by atoms with van der Waals surface area (Å²) < 4.78 is 9.87. The number of hydrogen-bond acceptors (Lipinski definition) is 5. The molecule has 108 valence electrons. The van der Waals surface area contributed by atoms with E-state index in [1.165, 1.54) is 38.5 Å². The summed E-state index contributed by atoms with van der Waals surface area (Å²) in [7, 11) is 2.84. The van der Waals surface area contributed by atoms with E-state index in [4.69, 9.17) is 9.47 Å². The predicted molar refractivity (Wildman–Crippen MR) is 77.0 cm³/mol. The molecule has 0 aliphatic heterocycles. The Morgan fingerprint density at radius 2 is 1.33 bits per heavy atom. The molecule has 0 aliphatic carbocycles. The van der Waals surface area contributed by atoms with E-state index < -0.39 is 0 Å². The molecule has 0 heterocycles. The van der Waals surface area contributed by atoms with Crippen LogP contribution in [0.25, 0.3) is 0 Å². The van der Waals surface area contributed by atoms with Crippen LogP contribution in [0.5, 0.6) is 28.7 Å². The van der Waals surface area contributed by atoms with Crippen LogP contribution in [0.15, 0.2) is 30.3 Å². The molecule has 0 amide bonds. The first-order valence-electron chi connectivity index (χ1n) is 6.03. The second kappa shape index (κ2) is 5.97. The van der Waals surface area contributed by atoms with Crippen molar-refractivity contribution >= 4 is 0 Å². The Kier molecular flexibility index (Phi) is 4.10. The lowest BCUT2D eigenvalue weighted by atomic mass is 10.1. The molecule has 0 bridgehead atoms. The van der Waals surface area contributed by atoms with Gasteiger partial charge in [0.05, 0.1) is 14.2 Å². The molecule has 2 aromatic rings. The molecule has 0 unspecified atom stereocenters. The molecule has 0 spiro atoms. The van der Waals surface area contributed by atoms with Crippen LogP contribution in [-0.2, 0) is 0 Å². The average Bonchev–Trinajstić information content (AvgIpc) is 2.44. The van der Waals surface area contributed by atoms with Crippen LogP contribution in [0, 0.1) is 11.8 Å². The smallest absolute Gasteiger partial charge is 0.202 e. The molecule has 3 N–H and O–H groups in total. The van der Waals surface area contributed by atoms with Crippen molar-refractivity contribution in [1.82, 2.24) is 0 Å². The maximum Gasteiger partial charge on any atom is 0.202 e. The van der Waals surface area contributed by atoms with E-state index in [-0.39, 0.29) is 23.0 Å². The highest BCUT2D eigenvalue weighted by atomic mass is 16.5. The van der Waals surface area contributed by atoms with Crippen LogP contribution in [0.4, 0.5) is 0 Å². The largest absolute Gasteiger partial charge is 0.508 e. The summed E-state index contributed by atoms with van der Waals surface area (Å²) in [5.41, 5.74) is 0.953. The van der Waals surface area contributed by atoms with Crippen molar-refractivity contribution < 1.29 is 24.8 Å². The molecule has 0 saturated carbocycles. The number of methoxy groups -OCH3 is 2. The van der Waals surface area contributed by atoms with Gasteiger partial charge in [-0.15, -0.1) is 0 Å². The summed E-state index contributed by atoms with van der Waals surface area (Å²) in [5.74, 6) is 5.72. The third kappa shape index (κ3) is 3.31. The highest BCUT2D eigenvalue weighted by Crippen LogP contribution is 2.36. The van der Waals surface area contributed by atoms with Gasteiger partial charge in [-0.05, 0) is 24.3 Å². The average molecular weight is 286 g/mol. The molecule has 2 rings (SSSR count). The Morgan fingerprint density at radius 1 is 0.762 bits per heavy atom. The van der Waals surface area contributed by atoms with Gasteiger partial charge in [0.15, 0.2) is 11.5 Å². The van der Waals surface area contributed by atoms with Gasteiger partial charge in [-0.2, -0.15) is 0 Å². The first-order valence-corrected chi connectivity index (χ1v) is 6.03. The minimum Gasteiger partial charge on any atom is -0.508 e. The van der Waals surface area contributed by atoms with E-state index in [2.05, 4.69) is 11.8 Å². The van der Waals surface area contributed by atoms with Crippen molar-refractivity contribution in [3.63, 3.8) is 0 Å². The fourth-order valence-corrected chi connectivity index (χ4v) is 1.80. The van der Waals surface area contributed by atoms with Crippen LogP contribution in [0.1, 0.15) is 11.1 Å². The van der Waals surface area contributed by atoms with Crippen molar-refractivity contribution in [3.05, 3.63) is 41.5 Å². The van der Waals surface area contributed by atoms with Gasteiger partial charge in [-0.25, -0.2) is 0 Å². The number of phenolic OH excluding ortho intramolecular Hbond substituents is 3. The fourth-order valence-electron chi connectivity index (χ4n) is 1.80. The third-order valence-corrected chi connectivity index (χ3v) is 2.73. The summed E-state index contributed by atoms with van der Waals surface area (Å²) in [6, 6.07) is 7.38. The summed E-state index contributed by atoms with van der Waals surface area (Å²) >= 11 is 0. The Labute approximate surface area is 122 Å². The quantitative estimate of drug-likeness (QED) is 0.738. The van der Waals surface area contributed by atoms with Gasteiger partial charge in [-0.1, -0.05) is 11.8 Å². The minimum absolute atomic E-state index is 0.000394. The van der Waals surface area contributed by atoms with Gasteiger partial charge in [0.1, 0.15) is 11.5 Å². The maximum atomic E-state index is 9.68. The third-order valence-electron chi connectivity index (χ3n) is 2.73. The molecule has 0 radical (unpaired) electrons. The normalized spacial score (nSPS) is 9.62. The predicted octanol–water partition coefficient (Wildman–Crippen LogP) is 2.22. The van der Waals surface area contributed by atoms with Gasteiger partial charge in [0, 0.05) is 17.2 Å². The molecular weight excluding hydrogens is 272 g/mol. The van der Waals surface area contributed by atoms with E-state index in [9.17, 15) is 15.3 Å². The fraction of sp³-hybridized carbons (Fsp3) is 0.125. The SMILES string of the molecule is COc1cc(O)cc(C#Cc2cc(O)c(OC)c(O)c2)c1. The van der Waals surface area contributed by atoms with E-state index in [1.807, 2.05) is 0 Å². The second-order valence-corrected chi connectivity index (χ2v) is 4.22. The van der Waals surface area contributed by atoms with Crippen LogP contribution in [0.3, 0.4) is 0 Å². The molecule has 21 heavy (non-hydrogen) atoms. The molecule has 0 aliphatic rings. The lowest BCUT2D eigenvalue weighted by Crippen LogP contribution is -1.86. The molecular formula is C16H14O5. The monoisotopic (exact) mass is 286 g/mol. The van der Waals surface area contributed by atoms with Crippen molar-refractivity contribution in [1.29, 1.82) is 0 Å². The van der Waals surface area contributed by atoms with Crippen molar-refractivity contribution in [2.75, 3.05) is 14.2 Å². The molecule has 5 heteroatoms. The summed E-state index contributed by atoms with van der Waals surface area (Å²) in [5, 5.41) is 28.9. The Hall–Kier alpha value is -3.00. The highest BCUT2D eigenvalue weighted by molar-refractivity contribution is 5.57. The zero-order chi connectivity index (χ0) is 15.4. The van der Waals surface area contributed by atoms with Crippen molar-refractivity contribution in [2.24, 2.45) is 0 Å². The number of phenols is 3. The van der Waals surface area contributed by atoms with Crippen molar-refractivity contribution in [3.8, 4) is 40.6 Å². The topological polar surface area (TPSA) is 79.2 Å². The summed E-state index contributed by atoms with van der Waals surface area (Å²) in [6.45, 7) is 0. The molecule has 0 saturated heterocycles. The van der Waals surface area contributed by atoms with Crippen LogP contribution < -0.4 is 9.47 Å². The first-order chi connectivity index (χ1) is 10.0. The zero-order valence-electron chi connectivity index (χ0n) is 11.5. The lowest BCUT2D eigenvalue weighted by molar-refractivity contribution is 0.344. The molecule has 5 nitrogen and oxygen atoms in total. The Morgan fingerprint density at radius 3 is 1.86 bits per heavy atom. The molecule has 0 fully saturated rings. The number of aromatic hydroxyl groups is 3. The van der Waals surface area contributed by atoms with E-state index in [1.54, 1.807) is 6.07 Å². The van der Waals surface area contributed by atoms with E-state index >= 15 is 0 Å². The Bertz CT molecular complexity index is 702. The standard InChI is InChI=1S/C16H14O5/c1-20-13-6-10(5-12(17)9-13)3-4-11-7-14(18)16(21-2)15(19)8-11/h5-9,17-19H,1-2H3. The number of rotatable bonds is 2. The van der Waals surface area contributed by atoms with Gasteiger partial charge in [0.2, 0.25) is 5.75 Å². The molecule has 0 aromatic heterocycles. The van der Waals surface area contributed by atoms with Crippen LogP contribution >= 0.6 is 0 Å². The van der Waals surface area contributed by atoms with E-state index in [0.29, 0.717) is 16.9 Å². The summed E-state index contributed by atoms with van der Waals surface area (Å²) in [6.07, 6.45) is 0. The summed E-state index contributed by atoms with van der Waals surface area (Å²) in [4.78, 5) is 0. The van der Waals surface area contributed by atoms with Gasteiger partial charge in [-0.3, -0.25) is 0 Å². The van der Waals surface area contributed by atoms with Crippen molar-refractivity contribution in [2.45, 2.75) is 0 Å². The van der Waals surface area contributed by atoms with Crippen LogP contribution in [-0.4, -0.2) is 29.5 Å². The second-order valence-electron chi connectivity index (χ2n) is 4.22. The van der Waals surface area contributed by atoms with Crippen LogP contribution in [0.2, 0.25) is 0 Å². The molecule has 2 aromatic carbocycles. The Balaban J connectivity index is 2.37. The zero-order valence-corrected chi connectivity index (χ0v) is 11.5. The highest BCUT2D eigenvalue weighted by Gasteiger charge is 2.08. The minimum atomic E-state index is -0.199. The molecule has 0 atom stereocenters. The lowest BCUT2D eigenvalue weighted by Gasteiger charge is -2.05. The van der Waals surface area contributed by atoms with Gasteiger partial charge >= 0.3 is 0 Å². The van der Waals surface area contributed by atoms with E-state index in [0.717, 1.165) is 0 Å². The first kappa shape index (κ1) is 14.4. The number of hydrogen-bond donors (Lipinski definition) is 3. The number of ether oxygens (including phenoxy) is 2. The van der Waals surface area contributed by atoms with Gasteiger partial charge < -0.3 is 24.8 Å². The number of benzene rings is 2. The maximum absolute atomic E-state index is 9.68. The van der Waals surface area contributed by atoms with Gasteiger partial charge in [0.25, 0.3) is 0 Å².